The van der Waals surface area contributed by atoms with Crippen molar-refractivity contribution < 1.29 is 9.59 Å². The Morgan fingerprint density at radius 2 is 1.78 bits per heavy atom. The smallest absolute Gasteiger partial charge is 0.229 e. The number of rotatable bonds is 1. The molecule has 0 fully saturated rings. The Morgan fingerprint density at radius 1 is 1.11 bits per heavy atom. The highest BCUT2D eigenvalue weighted by Gasteiger charge is 2.15. The molecule has 1 N–H and O–H groups in total. The first-order valence-corrected chi connectivity index (χ1v) is 5.64. The summed E-state index contributed by atoms with van der Waals surface area (Å²) >= 11 is 0. The van der Waals surface area contributed by atoms with Gasteiger partial charge >= 0.3 is 0 Å². The Kier molecular flexibility index (Phi) is 3.28. The molecule has 2 amide bonds. The molecule has 92 valence electrons. The van der Waals surface area contributed by atoms with Gasteiger partial charge in [-0.2, -0.15) is 0 Å². The normalized spacial score (nSPS) is 13.4. The van der Waals surface area contributed by atoms with Gasteiger partial charge in [-0.15, -0.1) is 0 Å². The zero-order valence-electron chi connectivity index (χ0n) is 10.3. The second-order valence-electron chi connectivity index (χ2n) is 4.04. The SMILES string of the molecule is CC(=O)NC1=Cc2ccccc2C=CN1C(C)=O. The van der Waals surface area contributed by atoms with E-state index in [2.05, 4.69) is 5.32 Å². The van der Waals surface area contributed by atoms with E-state index in [1.165, 1.54) is 18.7 Å². The molecule has 0 unspecified atom stereocenters. The van der Waals surface area contributed by atoms with Crippen LogP contribution in [0.1, 0.15) is 25.0 Å². The van der Waals surface area contributed by atoms with E-state index in [0.717, 1.165) is 11.1 Å². The molecule has 1 heterocycles. The molecule has 0 bridgehead atoms. The lowest BCUT2D eigenvalue weighted by Crippen LogP contribution is -2.33. The number of fused-ring (bicyclic) bond motifs is 1. The van der Waals surface area contributed by atoms with Crippen molar-refractivity contribution >= 4 is 24.0 Å². The van der Waals surface area contributed by atoms with Crippen LogP contribution in [0.2, 0.25) is 0 Å². The summed E-state index contributed by atoms with van der Waals surface area (Å²) in [4.78, 5) is 24.2. The van der Waals surface area contributed by atoms with Crippen LogP contribution in [0.15, 0.2) is 36.3 Å². The number of hydrogen-bond acceptors (Lipinski definition) is 2. The minimum atomic E-state index is -0.208. The fraction of sp³-hybridized carbons (Fsp3) is 0.143. The average Bonchev–Trinajstić information content (AvgIpc) is 2.47. The van der Waals surface area contributed by atoms with Crippen molar-refractivity contribution in [3.63, 3.8) is 0 Å². The van der Waals surface area contributed by atoms with E-state index < -0.39 is 0 Å². The third-order valence-electron chi connectivity index (χ3n) is 2.59. The summed E-state index contributed by atoms with van der Waals surface area (Å²) in [6.07, 6.45) is 5.30. The fourth-order valence-corrected chi connectivity index (χ4v) is 1.80. The van der Waals surface area contributed by atoms with E-state index in [9.17, 15) is 9.59 Å². The summed E-state index contributed by atoms with van der Waals surface area (Å²) in [5.74, 6) is 0.107. The lowest BCUT2D eigenvalue weighted by Gasteiger charge is -2.19. The molecule has 0 spiro atoms. The van der Waals surface area contributed by atoms with Gasteiger partial charge in [0.05, 0.1) is 0 Å². The molecule has 1 aromatic carbocycles. The van der Waals surface area contributed by atoms with Gasteiger partial charge in [-0.3, -0.25) is 14.5 Å². The highest BCUT2D eigenvalue weighted by atomic mass is 16.2. The first-order valence-electron chi connectivity index (χ1n) is 5.64. The van der Waals surface area contributed by atoms with Crippen LogP contribution in [-0.4, -0.2) is 16.7 Å². The molecule has 1 aromatic rings. The van der Waals surface area contributed by atoms with E-state index in [1.807, 2.05) is 30.3 Å². The van der Waals surface area contributed by atoms with Crippen LogP contribution in [0.4, 0.5) is 0 Å². The topological polar surface area (TPSA) is 49.4 Å². The van der Waals surface area contributed by atoms with Crippen molar-refractivity contribution in [2.45, 2.75) is 13.8 Å². The highest BCUT2D eigenvalue weighted by Crippen LogP contribution is 2.20. The maximum atomic E-state index is 11.6. The van der Waals surface area contributed by atoms with Gasteiger partial charge in [-0.25, -0.2) is 0 Å². The first-order chi connectivity index (χ1) is 8.58. The third-order valence-corrected chi connectivity index (χ3v) is 2.59. The largest absolute Gasteiger partial charge is 0.312 e. The number of nitrogens with one attached hydrogen (secondary N) is 1. The van der Waals surface area contributed by atoms with Gasteiger partial charge in [0, 0.05) is 20.0 Å². The molecular formula is C14H14N2O2. The molecule has 0 aromatic heterocycles. The van der Waals surface area contributed by atoms with Crippen LogP contribution in [0, 0.1) is 0 Å². The quantitative estimate of drug-likeness (QED) is 0.818. The number of carbonyl (C=O) groups is 2. The van der Waals surface area contributed by atoms with Crippen molar-refractivity contribution in [2.24, 2.45) is 0 Å². The summed E-state index contributed by atoms with van der Waals surface area (Å²) < 4.78 is 0. The Labute approximate surface area is 106 Å². The van der Waals surface area contributed by atoms with Crippen LogP contribution in [0.5, 0.6) is 0 Å². The van der Waals surface area contributed by atoms with E-state index >= 15 is 0 Å². The Hall–Kier alpha value is -2.36. The highest BCUT2D eigenvalue weighted by molar-refractivity contribution is 5.84. The molecule has 0 atom stereocenters. The van der Waals surface area contributed by atoms with Crippen LogP contribution < -0.4 is 5.32 Å². The predicted molar refractivity (Wildman–Crippen MR) is 69.8 cm³/mol. The monoisotopic (exact) mass is 242 g/mol. The maximum absolute atomic E-state index is 11.6. The predicted octanol–water partition coefficient (Wildman–Crippen LogP) is 1.95. The summed E-state index contributed by atoms with van der Waals surface area (Å²) in [5, 5.41) is 2.67. The zero-order valence-corrected chi connectivity index (χ0v) is 10.3. The fourth-order valence-electron chi connectivity index (χ4n) is 1.80. The zero-order chi connectivity index (χ0) is 13.1. The van der Waals surface area contributed by atoms with Crippen LogP contribution in [0.3, 0.4) is 0 Å². The first kappa shape index (κ1) is 12.1. The number of benzene rings is 1. The lowest BCUT2D eigenvalue weighted by molar-refractivity contribution is -0.125. The lowest BCUT2D eigenvalue weighted by atomic mass is 10.1. The minimum Gasteiger partial charge on any atom is -0.312 e. The van der Waals surface area contributed by atoms with Gasteiger partial charge in [0.1, 0.15) is 5.82 Å². The van der Waals surface area contributed by atoms with Crippen LogP contribution in [-0.2, 0) is 9.59 Å². The van der Waals surface area contributed by atoms with E-state index in [4.69, 9.17) is 0 Å². The molecule has 18 heavy (non-hydrogen) atoms. The molecule has 0 radical (unpaired) electrons. The standard InChI is InChI=1S/C14H14N2O2/c1-10(17)15-14-9-13-6-4-3-5-12(13)7-8-16(14)11(2)18/h3-9H,1-2H3,(H,15,17). The van der Waals surface area contributed by atoms with Crippen molar-refractivity contribution in [1.82, 2.24) is 10.2 Å². The molecule has 4 nitrogen and oxygen atoms in total. The van der Waals surface area contributed by atoms with Gasteiger partial charge < -0.3 is 5.32 Å². The molecule has 1 aliphatic rings. The number of amides is 2. The van der Waals surface area contributed by atoms with Gasteiger partial charge in [0.25, 0.3) is 0 Å². The Morgan fingerprint density at radius 3 is 2.39 bits per heavy atom. The summed E-state index contributed by atoms with van der Waals surface area (Å²) in [7, 11) is 0. The van der Waals surface area contributed by atoms with Crippen molar-refractivity contribution in [2.75, 3.05) is 0 Å². The van der Waals surface area contributed by atoms with Crippen LogP contribution in [0.25, 0.3) is 12.2 Å². The van der Waals surface area contributed by atoms with E-state index in [0.29, 0.717) is 5.82 Å². The maximum Gasteiger partial charge on any atom is 0.229 e. The summed E-state index contributed by atoms with van der Waals surface area (Å²) in [6, 6.07) is 7.74. The van der Waals surface area contributed by atoms with E-state index in [-0.39, 0.29) is 11.8 Å². The molecule has 2 rings (SSSR count). The second kappa shape index (κ2) is 4.87. The molecule has 1 aliphatic heterocycles. The van der Waals surface area contributed by atoms with Crippen molar-refractivity contribution in [3.8, 4) is 0 Å². The number of carbonyl (C=O) groups excluding carboxylic acids is 2. The van der Waals surface area contributed by atoms with Gasteiger partial charge in [-0.1, -0.05) is 24.3 Å². The molecule has 0 saturated carbocycles. The van der Waals surface area contributed by atoms with Crippen molar-refractivity contribution in [1.29, 1.82) is 0 Å². The summed E-state index contributed by atoms with van der Waals surface area (Å²) in [6.45, 7) is 2.87. The average molecular weight is 242 g/mol. The second-order valence-corrected chi connectivity index (χ2v) is 4.04. The van der Waals surface area contributed by atoms with Gasteiger partial charge in [0.15, 0.2) is 0 Å². The number of hydrogen-bond donors (Lipinski definition) is 1. The molecular weight excluding hydrogens is 228 g/mol. The van der Waals surface area contributed by atoms with Crippen molar-refractivity contribution in [3.05, 3.63) is 47.4 Å². The minimum absolute atomic E-state index is 0.154. The summed E-state index contributed by atoms with van der Waals surface area (Å²) in [5.41, 5.74) is 1.96. The van der Waals surface area contributed by atoms with Crippen LogP contribution >= 0.6 is 0 Å². The van der Waals surface area contributed by atoms with Gasteiger partial charge in [0.2, 0.25) is 11.8 Å². The molecule has 4 heteroatoms. The number of nitrogens with zero attached hydrogens (tertiary/aromatic N) is 1. The third kappa shape index (κ3) is 2.48. The Bertz CT molecular complexity index is 559. The van der Waals surface area contributed by atoms with E-state index in [1.54, 1.807) is 12.3 Å². The van der Waals surface area contributed by atoms with Gasteiger partial charge in [-0.05, 0) is 23.3 Å². The Balaban J connectivity index is 2.50. The molecule has 0 saturated heterocycles. The molecule has 0 aliphatic carbocycles.